The highest BCUT2D eigenvalue weighted by Gasteiger charge is 2.35. The Morgan fingerprint density at radius 1 is 1.32 bits per heavy atom. The summed E-state index contributed by atoms with van der Waals surface area (Å²) in [4.78, 5) is 9.42. The number of anilines is 1. The average Bonchev–Trinajstić information content (AvgIpc) is 2.63. The van der Waals surface area contributed by atoms with E-state index in [2.05, 4.69) is 21.8 Å². The molecule has 1 N–H and O–H groups in total. The van der Waals surface area contributed by atoms with Gasteiger partial charge in [-0.25, -0.2) is 4.98 Å². The van der Waals surface area contributed by atoms with Crippen LogP contribution in [0.15, 0.2) is 18.3 Å². The zero-order valence-electron chi connectivity index (χ0n) is 11.8. The Bertz CT molecular complexity index is 449. The number of pyridine rings is 1. The van der Waals surface area contributed by atoms with Crippen LogP contribution >= 0.6 is 0 Å². The van der Waals surface area contributed by atoms with Crippen molar-refractivity contribution in [1.82, 2.24) is 9.88 Å². The molecule has 0 spiro atoms. The third kappa shape index (κ3) is 2.35. The molecule has 0 amide bonds. The Kier molecular flexibility index (Phi) is 3.46. The molecule has 3 atom stereocenters. The number of hydrogen-bond donors (Lipinski definition) is 1. The van der Waals surface area contributed by atoms with E-state index >= 15 is 0 Å². The van der Waals surface area contributed by atoms with E-state index in [1.165, 1.54) is 19.3 Å². The number of hydrogen-bond acceptors (Lipinski definition) is 4. The summed E-state index contributed by atoms with van der Waals surface area (Å²) >= 11 is 0. The van der Waals surface area contributed by atoms with E-state index in [0.717, 1.165) is 30.5 Å². The van der Waals surface area contributed by atoms with Gasteiger partial charge in [-0.3, -0.25) is 4.90 Å². The smallest absolute Gasteiger partial charge is 0.134 e. The third-order valence-electron chi connectivity index (χ3n) is 4.71. The Morgan fingerprint density at radius 2 is 2.11 bits per heavy atom. The molecule has 2 aliphatic rings. The van der Waals surface area contributed by atoms with Gasteiger partial charge in [-0.05, 0) is 39.3 Å². The number of aromatic nitrogens is 1. The number of likely N-dealkylation sites (N-methyl/N-ethyl adjacent to an activating group) is 1. The largest absolute Gasteiger partial charge is 0.389 e. The van der Waals surface area contributed by atoms with Crippen molar-refractivity contribution in [1.29, 1.82) is 0 Å². The summed E-state index contributed by atoms with van der Waals surface area (Å²) in [5, 5.41) is 9.91. The van der Waals surface area contributed by atoms with Crippen LogP contribution in [0.3, 0.4) is 0 Å². The summed E-state index contributed by atoms with van der Waals surface area (Å²) in [7, 11) is 2.25. The summed E-state index contributed by atoms with van der Waals surface area (Å²) < 4.78 is 0. The van der Waals surface area contributed by atoms with E-state index in [1.54, 1.807) is 0 Å². The van der Waals surface area contributed by atoms with Gasteiger partial charge >= 0.3 is 0 Å². The highest BCUT2D eigenvalue weighted by molar-refractivity contribution is 5.48. The van der Waals surface area contributed by atoms with Gasteiger partial charge in [0.1, 0.15) is 5.82 Å². The monoisotopic (exact) mass is 261 g/mol. The quantitative estimate of drug-likeness (QED) is 0.881. The maximum absolute atomic E-state index is 9.91. The van der Waals surface area contributed by atoms with Crippen LogP contribution in [0.5, 0.6) is 0 Å². The SMILES string of the molecule is CC(O)c1cccnc1N1CCC2CCC(C1)N2C. The van der Waals surface area contributed by atoms with E-state index in [1.807, 2.05) is 25.3 Å². The molecule has 3 unspecified atom stereocenters. The van der Waals surface area contributed by atoms with E-state index < -0.39 is 6.10 Å². The second kappa shape index (κ2) is 5.10. The van der Waals surface area contributed by atoms with E-state index in [-0.39, 0.29) is 0 Å². The molecule has 4 nitrogen and oxygen atoms in total. The van der Waals surface area contributed by atoms with Gasteiger partial charge in [-0.2, -0.15) is 0 Å². The molecule has 19 heavy (non-hydrogen) atoms. The van der Waals surface area contributed by atoms with Crippen LogP contribution in [0.25, 0.3) is 0 Å². The molecule has 2 aliphatic heterocycles. The first kappa shape index (κ1) is 12.9. The highest BCUT2D eigenvalue weighted by atomic mass is 16.3. The lowest BCUT2D eigenvalue weighted by atomic mass is 10.1. The van der Waals surface area contributed by atoms with Gasteiger partial charge in [-0.15, -0.1) is 0 Å². The Labute approximate surface area is 115 Å². The maximum atomic E-state index is 9.91. The molecule has 0 aliphatic carbocycles. The third-order valence-corrected chi connectivity index (χ3v) is 4.71. The van der Waals surface area contributed by atoms with Crippen molar-refractivity contribution < 1.29 is 5.11 Å². The highest BCUT2D eigenvalue weighted by Crippen LogP contribution is 2.32. The molecule has 4 heteroatoms. The first-order valence-corrected chi connectivity index (χ1v) is 7.26. The molecule has 0 aromatic carbocycles. The topological polar surface area (TPSA) is 39.6 Å². The van der Waals surface area contributed by atoms with E-state index in [9.17, 15) is 5.11 Å². The van der Waals surface area contributed by atoms with E-state index in [4.69, 9.17) is 0 Å². The van der Waals surface area contributed by atoms with Crippen molar-refractivity contribution in [3.63, 3.8) is 0 Å². The second-order valence-electron chi connectivity index (χ2n) is 5.88. The van der Waals surface area contributed by atoms with Gasteiger partial charge in [0.2, 0.25) is 0 Å². The van der Waals surface area contributed by atoms with Crippen LogP contribution in [-0.4, -0.2) is 47.2 Å². The summed E-state index contributed by atoms with van der Waals surface area (Å²) in [6.07, 6.45) is 5.19. The normalized spacial score (nSPS) is 29.3. The lowest BCUT2D eigenvalue weighted by molar-refractivity contribution is 0.199. The fraction of sp³-hybridized carbons (Fsp3) is 0.667. The van der Waals surface area contributed by atoms with Crippen molar-refractivity contribution in [3.8, 4) is 0 Å². The molecule has 1 aromatic rings. The zero-order chi connectivity index (χ0) is 13.4. The molecule has 1 aromatic heterocycles. The lowest BCUT2D eigenvalue weighted by Crippen LogP contribution is -2.37. The van der Waals surface area contributed by atoms with E-state index in [0.29, 0.717) is 6.04 Å². The molecule has 104 valence electrons. The van der Waals surface area contributed by atoms with Gasteiger partial charge in [0.15, 0.2) is 0 Å². The molecule has 0 saturated carbocycles. The number of aliphatic hydroxyl groups excluding tert-OH is 1. The molecular weight excluding hydrogens is 238 g/mol. The summed E-state index contributed by atoms with van der Waals surface area (Å²) in [6, 6.07) is 5.26. The van der Waals surface area contributed by atoms with Gasteiger partial charge in [-0.1, -0.05) is 6.07 Å². The van der Waals surface area contributed by atoms with Crippen LogP contribution in [-0.2, 0) is 0 Å². The standard InChI is InChI=1S/C15H23N3O/c1-11(19)14-4-3-8-16-15(14)18-9-7-12-5-6-13(10-18)17(12)2/h3-4,8,11-13,19H,5-7,9-10H2,1-2H3. The molecule has 2 bridgehead atoms. The molecule has 3 heterocycles. The number of aliphatic hydroxyl groups is 1. The van der Waals surface area contributed by atoms with Crippen LogP contribution in [0.1, 0.15) is 37.9 Å². The van der Waals surface area contributed by atoms with Crippen molar-refractivity contribution in [3.05, 3.63) is 23.9 Å². The summed E-state index contributed by atoms with van der Waals surface area (Å²) in [5.41, 5.74) is 0.947. The first-order chi connectivity index (χ1) is 9.16. The number of rotatable bonds is 2. The molecule has 3 rings (SSSR count). The van der Waals surface area contributed by atoms with Crippen molar-refractivity contribution in [2.24, 2.45) is 0 Å². The summed E-state index contributed by atoms with van der Waals surface area (Å²) in [5.74, 6) is 0.971. The minimum absolute atomic E-state index is 0.457. The Morgan fingerprint density at radius 3 is 2.89 bits per heavy atom. The molecule has 0 radical (unpaired) electrons. The number of nitrogens with zero attached hydrogens (tertiary/aromatic N) is 3. The van der Waals surface area contributed by atoms with Gasteiger partial charge in [0, 0.05) is 36.9 Å². The van der Waals surface area contributed by atoms with Crippen LogP contribution in [0, 0.1) is 0 Å². The fourth-order valence-corrected chi connectivity index (χ4v) is 3.50. The van der Waals surface area contributed by atoms with Gasteiger partial charge < -0.3 is 10.0 Å². The lowest BCUT2D eigenvalue weighted by Gasteiger charge is -2.28. The fourth-order valence-electron chi connectivity index (χ4n) is 3.50. The molecular formula is C15H23N3O. The van der Waals surface area contributed by atoms with Crippen LogP contribution < -0.4 is 4.90 Å². The minimum atomic E-state index is -0.457. The summed E-state index contributed by atoms with van der Waals surface area (Å²) in [6.45, 7) is 3.89. The number of fused-ring (bicyclic) bond motifs is 2. The van der Waals surface area contributed by atoms with Crippen molar-refractivity contribution in [2.75, 3.05) is 25.0 Å². The predicted octanol–water partition coefficient (Wildman–Crippen LogP) is 1.81. The van der Waals surface area contributed by atoms with Crippen molar-refractivity contribution >= 4 is 5.82 Å². The van der Waals surface area contributed by atoms with Crippen LogP contribution in [0.2, 0.25) is 0 Å². The van der Waals surface area contributed by atoms with Gasteiger partial charge in [0.05, 0.1) is 6.10 Å². The zero-order valence-corrected chi connectivity index (χ0v) is 11.8. The van der Waals surface area contributed by atoms with Crippen LogP contribution in [0.4, 0.5) is 5.82 Å². The molecule has 2 saturated heterocycles. The Balaban J connectivity index is 1.87. The van der Waals surface area contributed by atoms with Gasteiger partial charge in [0.25, 0.3) is 0 Å². The molecule has 2 fully saturated rings. The average molecular weight is 261 g/mol. The second-order valence-corrected chi connectivity index (χ2v) is 5.88. The minimum Gasteiger partial charge on any atom is -0.389 e. The predicted molar refractivity (Wildman–Crippen MR) is 76.3 cm³/mol. The van der Waals surface area contributed by atoms with Crippen molar-refractivity contribution in [2.45, 2.75) is 44.4 Å². The Hall–Kier alpha value is -1.13. The maximum Gasteiger partial charge on any atom is 0.134 e. The first-order valence-electron chi connectivity index (χ1n) is 7.26.